The van der Waals surface area contributed by atoms with Gasteiger partial charge in [-0.1, -0.05) is 90.5 Å². The van der Waals surface area contributed by atoms with Crippen LogP contribution in [0.1, 0.15) is 28.3 Å². The van der Waals surface area contributed by atoms with Crippen LogP contribution in [0.4, 0.5) is 0 Å². The van der Waals surface area contributed by atoms with Crippen LogP contribution in [0, 0.1) is 6.92 Å². The Bertz CT molecular complexity index is 1130. The lowest BCUT2D eigenvalue weighted by Gasteiger charge is -2.40. The number of piperazine rings is 1. The second kappa shape index (κ2) is 9.77. The number of aliphatic imine (C=N–C) groups is 1. The summed E-state index contributed by atoms with van der Waals surface area (Å²) in [7, 11) is 0. The number of carbonyl (C=O) groups excluding carboxylic acids is 1. The molecule has 0 saturated carbocycles. The Balaban J connectivity index is 1.28. The highest BCUT2D eigenvalue weighted by Crippen LogP contribution is 2.33. The second-order valence-corrected chi connectivity index (χ2v) is 9.48. The summed E-state index contributed by atoms with van der Waals surface area (Å²) in [5, 5.41) is 0.828. The first-order valence-corrected chi connectivity index (χ1v) is 12.2. The standard InChI is InChI=1S/C28H27N3OS/c1-21-12-14-22(15-13-21)20-25-27(32)29-28(33-25)31-18-16-30(17-19-31)26(23-8-4-2-5-9-23)24-10-6-3-7-11-24/h2-15,20,26H,16-19H2,1H3/b25-20-. The van der Waals surface area contributed by atoms with Crippen molar-refractivity contribution in [1.29, 1.82) is 0 Å². The van der Waals surface area contributed by atoms with Crippen LogP contribution in [-0.2, 0) is 4.79 Å². The number of hydrogen-bond acceptors (Lipinski definition) is 4. The van der Waals surface area contributed by atoms with Crippen molar-refractivity contribution in [2.45, 2.75) is 13.0 Å². The first kappa shape index (κ1) is 21.7. The molecule has 0 atom stereocenters. The van der Waals surface area contributed by atoms with Crippen LogP contribution >= 0.6 is 11.8 Å². The number of thioether (sulfide) groups is 1. The Morgan fingerprint density at radius 1 is 0.818 bits per heavy atom. The summed E-state index contributed by atoms with van der Waals surface area (Å²) in [6, 6.07) is 29.9. The summed E-state index contributed by atoms with van der Waals surface area (Å²) >= 11 is 1.50. The highest BCUT2D eigenvalue weighted by atomic mass is 32.2. The summed E-state index contributed by atoms with van der Waals surface area (Å²) in [6.07, 6.45) is 1.94. The molecule has 2 aliphatic heterocycles. The van der Waals surface area contributed by atoms with Crippen molar-refractivity contribution in [3.8, 4) is 0 Å². The fraction of sp³-hybridized carbons (Fsp3) is 0.214. The van der Waals surface area contributed by atoms with Crippen LogP contribution in [0.3, 0.4) is 0 Å². The molecular formula is C28H27N3OS. The van der Waals surface area contributed by atoms with E-state index in [4.69, 9.17) is 0 Å². The summed E-state index contributed by atoms with van der Waals surface area (Å²) < 4.78 is 0. The predicted octanol–water partition coefficient (Wildman–Crippen LogP) is 5.37. The molecule has 5 heteroatoms. The molecule has 5 rings (SSSR count). The van der Waals surface area contributed by atoms with E-state index in [1.807, 2.05) is 18.2 Å². The van der Waals surface area contributed by atoms with Gasteiger partial charge in [0.05, 0.1) is 10.9 Å². The number of hydrogen-bond donors (Lipinski definition) is 0. The number of benzene rings is 3. The van der Waals surface area contributed by atoms with Crippen LogP contribution in [0.15, 0.2) is 94.8 Å². The molecule has 2 heterocycles. The molecule has 2 aliphatic rings. The third-order valence-electron chi connectivity index (χ3n) is 6.16. The number of aryl methyl sites for hydroxylation is 1. The maximum absolute atomic E-state index is 12.5. The molecule has 0 unspecified atom stereocenters. The molecule has 0 spiro atoms. The lowest BCUT2D eigenvalue weighted by molar-refractivity contribution is -0.113. The fourth-order valence-electron chi connectivity index (χ4n) is 4.40. The van der Waals surface area contributed by atoms with E-state index in [1.54, 1.807) is 0 Å². The van der Waals surface area contributed by atoms with E-state index in [-0.39, 0.29) is 11.9 Å². The molecule has 0 aromatic heterocycles. The minimum atomic E-state index is -0.135. The summed E-state index contributed by atoms with van der Waals surface area (Å²) in [5.41, 5.74) is 4.86. The molecule has 3 aromatic rings. The molecule has 0 N–H and O–H groups in total. The van der Waals surface area contributed by atoms with E-state index in [9.17, 15) is 4.79 Å². The van der Waals surface area contributed by atoms with Gasteiger partial charge in [0.25, 0.3) is 5.91 Å². The first-order chi connectivity index (χ1) is 16.2. The summed E-state index contributed by atoms with van der Waals surface area (Å²) in [6.45, 7) is 5.60. The number of amidine groups is 1. The molecular weight excluding hydrogens is 426 g/mol. The van der Waals surface area contributed by atoms with Crippen molar-refractivity contribution in [3.05, 3.63) is 112 Å². The predicted molar refractivity (Wildman–Crippen MR) is 137 cm³/mol. The van der Waals surface area contributed by atoms with Crippen molar-refractivity contribution in [2.24, 2.45) is 4.99 Å². The minimum absolute atomic E-state index is 0.135. The molecule has 0 radical (unpaired) electrons. The van der Waals surface area contributed by atoms with Crippen LogP contribution in [0.2, 0.25) is 0 Å². The topological polar surface area (TPSA) is 35.9 Å². The normalized spacial score (nSPS) is 18.2. The average molecular weight is 454 g/mol. The Kier molecular flexibility index (Phi) is 6.42. The molecule has 3 aromatic carbocycles. The monoisotopic (exact) mass is 453 g/mol. The van der Waals surface area contributed by atoms with Crippen molar-refractivity contribution in [1.82, 2.24) is 9.80 Å². The molecule has 1 saturated heterocycles. The lowest BCUT2D eigenvalue weighted by atomic mass is 9.96. The molecule has 1 fully saturated rings. The quantitative estimate of drug-likeness (QED) is 0.498. The Hall–Kier alpha value is -3.15. The van der Waals surface area contributed by atoms with Gasteiger partial charge in [-0.05, 0) is 41.5 Å². The molecule has 166 valence electrons. The van der Waals surface area contributed by atoms with Gasteiger partial charge in [0.15, 0.2) is 5.17 Å². The van der Waals surface area contributed by atoms with Crippen LogP contribution in [-0.4, -0.2) is 47.1 Å². The third-order valence-corrected chi connectivity index (χ3v) is 7.21. The smallest absolute Gasteiger partial charge is 0.286 e. The highest BCUT2D eigenvalue weighted by Gasteiger charge is 2.31. The molecule has 0 bridgehead atoms. The van der Waals surface area contributed by atoms with Gasteiger partial charge >= 0.3 is 0 Å². The van der Waals surface area contributed by atoms with E-state index < -0.39 is 0 Å². The van der Waals surface area contributed by atoms with Gasteiger partial charge in [-0.15, -0.1) is 0 Å². The maximum atomic E-state index is 12.5. The van der Waals surface area contributed by atoms with Gasteiger partial charge in [-0.25, -0.2) is 0 Å². The maximum Gasteiger partial charge on any atom is 0.286 e. The van der Waals surface area contributed by atoms with E-state index in [2.05, 4.69) is 94.5 Å². The number of rotatable bonds is 4. The van der Waals surface area contributed by atoms with Gasteiger partial charge in [-0.3, -0.25) is 9.69 Å². The van der Waals surface area contributed by atoms with Crippen LogP contribution in [0.25, 0.3) is 6.08 Å². The molecule has 1 amide bonds. The van der Waals surface area contributed by atoms with Gasteiger partial charge in [0.1, 0.15) is 0 Å². The van der Waals surface area contributed by atoms with Gasteiger partial charge in [-0.2, -0.15) is 4.99 Å². The molecule has 33 heavy (non-hydrogen) atoms. The Morgan fingerprint density at radius 3 is 1.97 bits per heavy atom. The van der Waals surface area contributed by atoms with E-state index in [0.717, 1.165) is 36.9 Å². The SMILES string of the molecule is Cc1ccc(/C=C2\SC(N3CCN(C(c4ccccc4)c4ccccc4)CC3)=NC2=O)cc1. The zero-order chi connectivity index (χ0) is 22.6. The van der Waals surface area contributed by atoms with Crippen LogP contribution < -0.4 is 0 Å². The molecule has 0 aliphatic carbocycles. The Labute approximate surface area is 199 Å². The van der Waals surface area contributed by atoms with Crippen molar-refractivity contribution in [2.75, 3.05) is 26.2 Å². The highest BCUT2D eigenvalue weighted by molar-refractivity contribution is 8.18. The van der Waals surface area contributed by atoms with Gasteiger partial charge in [0.2, 0.25) is 0 Å². The van der Waals surface area contributed by atoms with Crippen molar-refractivity contribution in [3.63, 3.8) is 0 Å². The fourth-order valence-corrected chi connectivity index (χ4v) is 5.37. The third kappa shape index (κ3) is 4.95. The van der Waals surface area contributed by atoms with Crippen LogP contribution in [0.5, 0.6) is 0 Å². The summed E-state index contributed by atoms with van der Waals surface area (Å²) in [4.78, 5) is 22.4. The zero-order valence-electron chi connectivity index (χ0n) is 18.7. The van der Waals surface area contributed by atoms with Gasteiger partial charge in [0, 0.05) is 26.2 Å². The Morgan fingerprint density at radius 2 is 1.39 bits per heavy atom. The lowest BCUT2D eigenvalue weighted by Crippen LogP contribution is -2.49. The van der Waals surface area contributed by atoms with Crippen molar-refractivity contribution >= 4 is 28.9 Å². The van der Waals surface area contributed by atoms with Gasteiger partial charge < -0.3 is 4.90 Å². The largest absolute Gasteiger partial charge is 0.348 e. The first-order valence-electron chi connectivity index (χ1n) is 11.4. The molecule has 4 nitrogen and oxygen atoms in total. The summed E-state index contributed by atoms with van der Waals surface area (Å²) in [5.74, 6) is -0.135. The number of amides is 1. The minimum Gasteiger partial charge on any atom is -0.348 e. The van der Waals surface area contributed by atoms with Crippen molar-refractivity contribution < 1.29 is 4.79 Å². The second-order valence-electron chi connectivity index (χ2n) is 8.47. The zero-order valence-corrected chi connectivity index (χ0v) is 19.5. The number of nitrogens with zero attached hydrogens (tertiary/aromatic N) is 3. The average Bonchev–Trinajstić information content (AvgIpc) is 3.22. The van der Waals surface area contributed by atoms with E-state index in [1.165, 1.54) is 28.5 Å². The number of carbonyl (C=O) groups is 1. The van der Waals surface area contributed by atoms with E-state index >= 15 is 0 Å². The van der Waals surface area contributed by atoms with E-state index in [0.29, 0.717) is 4.91 Å².